The van der Waals surface area contributed by atoms with Gasteiger partial charge in [0.2, 0.25) is 17.7 Å². The molecule has 4 unspecified atom stereocenters. The molecular weight excluding hydrogens is 987 g/mol. The van der Waals surface area contributed by atoms with E-state index < -0.39 is 77.8 Å². The number of unbranched alkanes of at least 4 members (excludes halogenated alkanes) is 2. The zero-order valence-electron chi connectivity index (χ0n) is 45.0. The predicted octanol–water partition coefficient (Wildman–Crippen LogP) is 4.29. The van der Waals surface area contributed by atoms with Crippen LogP contribution in [0, 0.1) is 11.8 Å². The van der Waals surface area contributed by atoms with Gasteiger partial charge in [0.05, 0.1) is 32.3 Å². The van der Waals surface area contributed by atoms with E-state index in [2.05, 4.69) is 16.0 Å². The van der Waals surface area contributed by atoms with Crippen LogP contribution in [0.25, 0.3) is 0 Å². The number of carboxylic acid groups (broad SMARTS) is 2. The standard InChI is InChI=1S/C30H40N4O6.C13H20O5.C12H19NO5/c1-18(2)14-25(30(39)40-5)33-27(36)19(3)31-28(37)24(15-20-10-12-23(35)13-11-20)32-29(38)26-16-21-8-6-7-9-22(21)17-34(26)4;1-3-4-9-18-12(15)8-7-11(14)6-5-10(2)13(16)17;1-2-3-8-18-11(15)7-5-9(14)4-6-10(13)12(16)17/h6-13,18-19,24-26,35H,14-17H2,1-5H3,(H,31,37)(H,32,38)(H,33,36);7-8,10H,3-6,9H2,1-2H3,(H,16,17);5,7,10H,2-4,6,8,13H2,1H3,(H,16,17)/b;8-7+;7-5+/t19?,24-,25-,26?;;/m0../s1. The van der Waals surface area contributed by atoms with Crippen molar-refractivity contribution in [2.24, 2.45) is 17.6 Å². The Morgan fingerprint density at radius 3 is 1.75 bits per heavy atom. The molecule has 21 heteroatoms. The number of aromatic hydroxyl groups is 1. The van der Waals surface area contributed by atoms with Crippen molar-refractivity contribution < 1.29 is 77.5 Å². The molecule has 1 aliphatic rings. The Hall–Kier alpha value is -7.26. The summed E-state index contributed by atoms with van der Waals surface area (Å²) < 4.78 is 14.4. The minimum atomic E-state index is -1.15. The van der Waals surface area contributed by atoms with Crippen LogP contribution in [0.2, 0.25) is 0 Å². The third-order valence-electron chi connectivity index (χ3n) is 11.6. The number of hydrogen-bond donors (Lipinski definition) is 7. The predicted molar refractivity (Wildman–Crippen MR) is 281 cm³/mol. The number of nitrogens with zero attached hydrogens (tertiary/aromatic N) is 1. The van der Waals surface area contributed by atoms with Gasteiger partial charge in [0.25, 0.3) is 0 Å². The molecule has 21 nitrogen and oxygen atoms in total. The first-order valence-corrected chi connectivity index (χ1v) is 25.4. The lowest BCUT2D eigenvalue weighted by Crippen LogP contribution is -2.58. The molecule has 8 N–H and O–H groups in total. The summed E-state index contributed by atoms with van der Waals surface area (Å²) in [6.07, 6.45) is 9.25. The Morgan fingerprint density at radius 2 is 1.25 bits per heavy atom. The number of carbonyl (C=O) groups is 10. The summed E-state index contributed by atoms with van der Waals surface area (Å²) in [5, 5.41) is 35.0. The van der Waals surface area contributed by atoms with Crippen molar-refractivity contribution in [1.29, 1.82) is 0 Å². The largest absolute Gasteiger partial charge is 0.508 e. The Balaban J connectivity index is 0.000000666. The Labute approximate surface area is 445 Å². The molecule has 0 fully saturated rings. The number of ether oxygens (including phenoxy) is 3. The van der Waals surface area contributed by atoms with Crippen molar-refractivity contribution in [3.8, 4) is 5.75 Å². The van der Waals surface area contributed by atoms with Gasteiger partial charge in [0.1, 0.15) is 29.9 Å². The normalized spacial score (nSPS) is 14.9. The number of fused-ring (bicyclic) bond motifs is 1. The van der Waals surface area contributed by atoms with E-state index in [1.165, 1.54) is 26.2 Å². The van der Waals surface area contributed by atoms with E-state index in [0.29, 0.717) is 32.6 Å². The summed E-state index contributed by atoms with van der Waals surface area (Å²) in [7, 11) is 3.13. The number of esters is 3. The Bertz CT molecular complexity index is 2220. The summed E-state index contributed by atoms with van der Waals surface area (Å²) in [5.74, 6) is -6.07. The summed E-state index contributed by atoms with van der Waals surface area (Å²) in [5.41, 5.74) is 8.21. The quantitative estimate of drug-likeness (QED) is 0.0259. The highest BCUT2D eigenvalue weighted by Crippen LogP contribution is 2.22. The maximum atomic E-state index is 13.4. The minimum absolute atomic E-state index is 0.00773. The number of carboxylic acids is 2. The smallest absolute Gasteiger partial charge is 0.330 e. The molecule has 3 amide bonds. The van der Waals surface area contributed by atoms with Gasteiger partial charge in [0.15, 0.2) is 11.6 Å². The van der Waals surface area contributed by atoms with E-state index in [1.54, 1.807) is 19.1 Å². The van der Waals surface area contributed by atoms with E-state index in [1.807, 2.05) is 63.9 Å². The van der Waals surface area contributed by atoms with Gasteiger partial charge in [-0.15, -0.1) is 0 Å². The number of ketones is 2. The molecule has 1 aliphatic heterocycles. The second-order valence-corrected chi connectivity index (χ2v) is 18.7. The molecule has 0 saturated heterocycles. The second kappa shape index (κ2) is 36.6. The summed E-state index contributed by atoms with van der Waals surface area (Å²) >= 11 is 0. The first-order valence-electron chi connectivity index (χ1n) is 25.4. The van der Waals surface area contributed by atoms with E-state index in [4.69, 9.17) is 30.2 Å². The maximum absolute atomic E-state index is 13.4. The fraction of sp³-hybridized carbons (Fsp3) is 0.527. The molecular formula is C55H79N5O16. The number of aliphatic carboxylic acids is 2. The van der Waals surface area contributed by atoms with Gasteiger partial charge in [-0.05, 0) is 99.4 Å². The van der Waals surface area contributed by atoms with E-state index in [-0.39, 0.29) is 61.2 Å². The van der Waals surface area contributed by atoms with Gasteiger partial charge < -0.3 is 51.2 Å². The van der Waals surface area contributed by atoms with Gasteiger partial charge in [-0.1, -0.05) is 83.9 Å². The number of benzene rings is 2. The number of amides is 3. The highest BCUT2D eigenvalue weighted by molar-refractivity contribution is 5.97. The third-order valence-corrected chi connectivity index (χ3v) is 11.6. The molecule has 0 bridgehead atoms. The van der Waals surface area contributed by atoms with Crippen molar-refractivity contribution in [2.75, 3.05) is 27.4 Å². The Kier molecular flexibility index (Phi) is 32.2. The number of nitrogens with two attached hydrogens (primary N) is 1. The number of hydrogen-bond acceptors (Lipinski definition) is 16. The summed E-state index contributed by atoms with van der Waals surface area (Å²) in [6.45, 7) is 12.1. The van der Waals surface area contributed by atoms with Crippen LogP contribution in [0.1, 0.15) is 116 Å². The van der Waals surface area contributed by atoms with Crippen LogP contribution in [0.15, 0.2) is 72.8 Å². The molecule has 2 aromatic carbocycles. The fourth-order valence-electron chi connectivity index (χ4n) is 6.92. The maximum Gasteiger partial charge on any atom is 0.330 e. The van der Waals surface area contributed by atoms with Crippen LogP contribution in [0.3, 0.4) is 0 Å². The highest BCUT2D eigenvalue weighted by atomic mass is 16.5. The third kappa shape index (κ3) is 27.9. The van der Waals surface area contributed by atoms with E-state index >= 15 is 0 Å². The van der Waals surface area contributed by atoms with Crippen LogP contribution in [-0.4, -0.2) is 137 Å². The van der Waals surface area contributed by atoms with E-state index in [0.717, 1.165) is 66.7 Å². The van der Waals surface area contributed by atoms with Gasteiger partial charge in [-0.25, -0.2) is 14.4 Å². The zero-order valence-corrected chi connectivity index (χ0v) is 45.0. The van der Waals surface area contributed by atoms with Crippen molar-refractivity contribution in [3.63, 3.8) is 0 Å². The summed E-state index contributed by atoms with van der Waals surface area (Å²) in [4.78, 5) is 120. The molecule has 3 rings (SSSR count). The molecule has 420 valence electrons. The lowest BCUT2D eigenvalue weighted by atomic mass is 9.93. The number of phenols is 1. The summed E-state index contributed by atoms with van der Waals surface area (Å²) in [6, 6.07) is 10.0. The number of nitrogens with one attached hydrogen (secondary N) is 3. The number of allylic oxidation sites excluding steroid dienone is 2. The van der Waals surface area contributed by atoms with Gasteiger partial charge in [0, 0.05) is 38.0 Å². The molecule has 0 saturated carbocycles. The number of carbonyl (C=O) groups excluding carboxylic acids is 8. The van der Waals surface area contributed by atoms with Crippen LogP contribution in [0.5, 0.6) is 5.75 Å². The average Bonchev–Trinajstić information content (AvgIpc) is 3.38. The lowest BCUT2D eigenvalue weighted by molar-refractivity contribution is -0.146. The first kappa shape index (κ1) is 66.8. The molecule has 1 heterocycles. The molecule has 76 heavy (non-hydrogen) atoms. The first-order chi connectivity index (χ1) is 35.9. The van der Waals surface area contributed by atoms with Crippen LogP contribution in [-0.2, 0) is 81.5 Å². The Morgan fingerprint density at radius 1 is 0.711 bits per heavy atom. The van der Waals surface area contributed by atoms with Gasteiger partial charge >= 0.3 is 29.8 Å². The molecule has 2 aromatic rings. The topological polar surface area (TPSA) is 324 Å². The number of likely N-dealkylation sites (N-methyl/N-ethyl adjacent to an activating group) is 1. The minimum Gasteiger partial charge on any atom is -0.508 e. The average molecular weight is 1070 g/mol. The molecule has 0 aliphatic carbocycles. The second-order valence-electron chi connectivity index (χ2n) is 18.7. The highest BCUT2D eigenvalue weighted by Gasteiger charge is 2.33. The lowest BCUT2D eigenvalue weighted by Gasteiger charge is -2.34. The van der Waals surface area contributed by atoms with Gasteiger partial charge in [-0.2, -0.15) is 0 Å². The van der Waals surface area contributed by atoms with Crippen molar-refractivity contribution in [3.05, 3.63) is 89.5 Å². The van der Waals surface area contributed by atoms with Crippen molar-refractivity contribution in [1.82, 2.24) is 20.9 Å². The van der Waals surface area contributed by atoms with Crippen LogP contribution < -0.4 is 21.7 Å². The molecule has 0 spiro atoms. The van der Waals surface area contributed by atoms with Gasteiger partial charge in [-0.3, -0.25) is 38.5 Å². The van der Waals surface area contributed by atoms with Crippen molar-refractivity contribution >= 4 is 59.1 Å². The number of phenolic OH excluding ortho intramolecular Hbond substituents is 1. The SMILES string of the molecule is CCCCOC(=O)/C=C/C(=O)CCC(C)C(=O)O.CCCCOC(=O)/C=C/C(=O)CCC(N)C(=O)O.COC(=O)[C@H](CC(C)C)NC(=O)C(C)NC(=O)[C@H](Cc1ccc(O)cc1)NC(=O)C1Cc2ccccc2CN1C. The fourth-order valence-corrected chi connectivity index (χ4v) is 6.92. The zero-order chi connectivity index (χ0) is 57.3. The van der Waals surface area contributed by atoms with Crippen LogP contribution in [0.4, 0.5) is 0 Å². The van der Waals surface area contributed by atoms with Crippen LogP contribution >= 0.6 is 0 Å². The van der Waals surface area contributed by atoms with E-state index in [9.17, 15) is 53.1 Å². The van der Waals surface area contributed by atoms with Crippen molar-refractivity contribution in [2.45, 2.75) is 149 Å². The molecule has 0 aromatic heterocycles. The molecule has 6 atom stereocenters. The number of rotatable bonds is 29. The molecule has 0 radical (unpaired) electrons. The monoisotopic (exact) mass is 1070 g/mol. The number of methoxy groups -OCH3 is 1.